The Kier molecular flexibility index (Phi) is 8.82. The first kappa shape index (κ1) is 31.5. The number of nitrogens with zero attached hydrogens (tertiary/aromatic N) is 8. The van der Waals surface area contributed by atoms with E-state index in [9.17, 15) is 31.1 Å². The molecule has 0 aliphatic heterocycles. The highest BCUT2D eigenvalue weighted by Crippen LogP contribution is 2.27. The van der Waals surface area contributed by atoms with Crippen LogP contribution in [0.5, 0.6) is 0 Å². The third kappa shape index (κ3) is 8.31. The van der Waals surface area contributed by atoms with E-state index in [2.05, 4.69) is 45.9 Å². The summed E-state index contributed by atoms with van der Waals surface area (Å²) in [6.07, 6.45) is -6.14. The molecule has 234 valence electrons. The number of nitrogens with one attached hydrogen (secondary N) is 3. The van der Waals surface area contributed by atoms with Crippen molar-refractivity contribution in [2.75, 3.05) is 24.2 Å². The molecule has 1 atom stereocenters. The molecule has 4 heterocycles. The van der Waals surface area contributed by atoms with E-state index in [0.717, 1.165) is 28.1 Å². The van der Waals surface area contributed by atoms with Crippen LogP contribution in [-0.4, -0.2) is 76.7 Å². The zero-order chi connectivity index (χ0) is 31.6. The number of aromatic nitrogens is 8. The number of halogens is 6. The second-order valence-electron chi connectivity index (χ2n) is 10.5. The summed E-state index contributed by atoms with van der Waals surface area (Å²) in [6, 6.07) is -0.904. The normalized spacial score (nSPS) is 13.3. The van der Waals surface area contributed by atoms with Gasteiger partial charge in [-0.1, -0.05) is 0 Å². The molecule has 1 amide bonds. The van der Waals surface area contributed by atoms with Gasteiger partial charge < -0.3 is 29.8 Å². The summed E-state index contributed by atoms with van der Waals surface area (Å²) in [4.78, 5) is 37.4. The smallest absolute Gasteiger partial charge is 0.408 e. The Hall–Kier alpha value is -4.45. The minimum absolute atomic E-state index is 0.00365. The topological polar surface area (TPSA) is 150 Å². The Labute approximate surface area is 240 Å². The summed E-state index contributed by atoms with van der Waals surface area (Å²) in [7, 11) is 1.52. The van der Waals surface area contributed by atoms with Crippen LogP contribution in [0.1, 0.15) is 45.5 Å². The van der Waals surface area contributed by atoms with Crippen LogP contribution in [-0.2, 0) is 17.8 Å². The van der Waals surface area contributed by atoms with Gasteiger partial charge in [0, 0.05) is 13.6 Å². The maximum absolute atomic E-state index is 13.2. The number of ether oxygens (including phenoxy) is 1. The fraction of sp³-hybridized carbons (Fsp3) is 0.542. The predicted molar refractivity (Wildman–Crippen MR) is 142 cm³/mol. The first-order valence-electron chi connectivity index (χ1n) is 13.0. The fourth-order valence-corrected chi connectivity index (χ4v) is 4.15. The van der Waals surface area contributed by atoms with Crippen molar-refractivity contribution in [1.82, 2.24) is 44.4 Å². The molecular weight excluding hydrogens is 588 g/mol. The van der Waals surface area contributed by atoms with E-state index in [4.69, 9.17) is 4.74 Å². The molecule has 0 bridgehead atoms. The van der Waals surface area contributed by atoms with Crippen LogP contribution in [0.25, 0.3) is 22.3 Å². The number of alkyl halides is 6. The van der Waals surface area contributed by atoms with Crippen LogP contribution in [0.15, 0.2) is 19.0 Å². The van der Waals surface area contributed by atoms with Gasteiger partial charge in [0.1, 0.15) is 36.1 Å². The van der Waals surface area contributed by atoms with Crippen molar-refractivity contribution < 1.29 is 35.9 Å². The highest BCUT2D eigenvalue weighted by molar-refractivity contribution is 5.83. The lowest BCUT2D eigenvalue weighted by Gasteiger charge is -2.23. The van der Waals surface area contributed by atoms with Crippen LogP contribution < -0.4 is 16.0 Å². The molecule has 4 aromatic heterocycles. The van der Waals surface area contributed by atoms with Crippen LogP contribution in [0.2, 0.25) is 0 Å². The molecule has 4 aromatic rings. The van der Waals surface area contributed by atoms with E-state index in [1.807, 2.05) is 0 Å². The summed E-state index contributed by atoms with van der Waals surface area (Å²) < 4.78 is 85.3. The lowest BCUT2D eigenvalue weighted by molar-refractivity contribution is -0.140. The third-order valence-electron chi connectivity index (χ3n) is 5.78. The molecule has 0 fully saturated rings. The van der Waals surface area contributed by atoms with Gasteiger partial charge in [-0.25, -0.2) is 34.7 Å². The van der Waals surface area contributed by atoms with E-state index < -0.39 is 43.2 Å². The predicted octanol–water partition coefficient (Wildman–Crippen LogP) is 4.59. The van der Waals surface area contributed by atoms with E-state index in [0.29, 0.717) is 6.42 Å². The second-order valence-corrected chi connectivity index (χ2v) is 10.5. The molecule has 1 unspecified atom stereocenters. The van der Waals surface area contributed by atoms with Crippen molar-refractivity contribution >= 4 is 40.1 Å². The molecule has 0 saturated heterocycles. The molecule has 3 N–H and O–H groups in total. The number of hydrogen-bond donors (Lipinski definition) is 3. The Balaban J connectivity index is 1.56. The number of carbonyl (C=O) groups excluding carboxylic acids is 1. The number of rotatable bonds is 10. The van der Waals surface area contributed by atoms with Crippen molar-refractivity contribution in [1.29, 1.82) is 0 Å². The lowest BCUT2D eigenvalue weighted by atomic mass is 10.1. The van der Waals surface area contributed by atoms with Crippen molar-refractivity contribution in [2.24, 2.45) is 0 Å². The van der Waals surface area contributed by atoms with E-state index >= 15 is 0 Å². The molecule has 19 heteroatoms. The van der Waals surface area contributed by atoms with Crippen molar-refractivity contribution in [3.63, 3.8) is 0 Å². The first-order valence-corrected chi connectivity index (χ1v) is 13.0. The summed E-state index contributed by atoms with van der Waals surface area (Å²) in [5.41, 5.74) is -0.669. The molecule has 4 rings (SSSR count). The molecule has 0 aromatic carbocycles. The monoisotopic (exact) mass is 617 g/mol. The Morgan fingerprint density at radius 1 is 0.884 bits per heavy atom. The number of fused-ring (bicyclic) bond motifs is 2. The van der Waals surface area contributed by atoms with Crippen LogP contribution in [0.4, 0.5) is 42.8 Å². The van der Waals surface area contributed by atoms with Gasteiger partial charge in [-0.05, 0) is 33.6 Å². The zero-order valence-electron chi connectivity index (χ0n) is 23.5. The summed E-state index contributed by atoms with van der Waals surface area (Å²) in [5, 5.41) is 8.48. The number of hydrogen-bond acceptors (Lipinski definition) is 10. The molecular formula is C24H29F6N11O2. The van der Waals surface area contributed by atoms with Gasteiger partial charge in [0.05, 0.1) is 18.7 Å². The summed E-state index contributed by atoms with van der Waals surface area (Å²) in [5.74, 6) is 0.378. The highest BCUT2D eigenvalue weighted by atomic mass is 19.4. The molecule has 0 aliphatic rings. The quantitative estimate of drug-likeness (QED) is 0.170. The third-order valence-corrected chi connectivity index (χ3v) is 5.78. The van der Waals surface area contributed by atoms with Gasteiger partial charge in [0.15, 0.2) is 28.8 Å². The maximum Gasteiger partial charge on any atom is 0.408 e. The Bertz CT molecular complexity index is 1580. The standard InChI is InChI=1S/C24H29F6N11O2/c1-22(2,3)43-21(42)37-13(16-38-17(31-4)14-20(39-16)41(12-35-14)9-24(28,29)30)6-5-7-32-18-15-19(34-10-33-18)40(11-36-15)8-23(25,26)27/h10-13H,5-9H2,1-4H3,(H,37,42)(H,31,38,39)(H,32,33,34). The maximum atomic E-state index is 13.2. The van der Waals surface area contributed by atoms with Gasteiger partial charge in [-0.3, -0.25) is 0 Å². The minimum atomic E-state index is -4.53. The molecule has 0 aliphatic carbocycles. The van der Waals surface area contributed by atoms with Crippen LogP contribution in [0, 0.1) is 0 Å². The number of carbonyl (C=O) groups is 1. The van der Waals surface area contributed by atoms with Gasteiger partial charge >= 0.3 is 18.4 Å². The highest BCUT2D eigenvalue weighted by Gasteiger charge is 2.31. The summed E-state index contributed by atoms with van der Waals surface area (Å²) in [6.45, 7) is 2.63. The average molecular weight is 618 g/mol. The minimum Gasteiger partial charge on any atom is -0.444 e. The van der Waals surface area contributed by atoms with Crippen molar-refractivity contribution in [3.8, 4) is 0 Å². The zero-order valence-corrected chi connectivity index (χ0v) is 23.5. The molecule has 0 radical (unpaired) electrons. The SMILES string of the molecule is CNc1nc(C(CCCNc2ncnc3c2ncn3CC(F)(F)F)NC(=O)OC(C)(C)C)nc2c1ncn2CC(F)(F)F. The van der Waals surface area contributed by atoms with E-state index in [1.54, 1.807) is 20.8 Å². The fourth-order valence-electron chi connectivity index (χ4n) is 4.15. The Morgan fingerprint density at radius 3 is 2.07 bits per heavy atom. The van der Waals surface area contributed by atoms with E-state index in [1.165, 1.54) is 7.05 Å². The first-order chi connectivity index (χ1) is 20.0. The average Bonchev–Trinajstić information content (AvgIpc) is 3.46. The largest absolute Gasteiger partial charge is 0.444 e. The lowest BCUT2D eigenvalue weighted by Crippen LogP contribution is -2.36. The van der Waals surface area contributed by atoms with E-state index in [-0.39, 0.29) is 52.8 Å². The number of alkyl carbamates (subject to hydrolysis) is 1. The molecule has 13 nitrogen and oxygen atoms in total. The van der Waals surface area contributed by atoms with Crippen molar-refractivity contribution in [3.05, 3.63) is 24.8 Å². The van der Waals surface area contributed by atoms with Gasteiger partial charge in [-0.15, -0.1) is 0 Å². The second kappa shape index (κ2) is 12.0. The van der Waals surface area contributed by atoms with Gasteiger partial charge in [-0.2, -0.15) is 26.3 Å². The van der Waals surface area contributed by atoms with Crippen LogP contribution in [0.3, 0.4) is 0 Å². The number of anilines is 2. The molecule has 0 spiro atoms. The van der Waals surface area contributed by atoms with Gasteiger partial charge in [0.2, 0.25) is 0 Å². The van der Waals surface area contributed by atoms with Crippen molar-refractivity contribution in [2.45, 2.75) is 70.7 Å². The molecule has 43 heavy (non-hydrogen) atoms. The van der Waals surface area contributed by atoms with Gasteiger partial charge in [0.25, 0.3) is 0 Å². The van der Waals surface area contributed by atoms with Crippen LogP contribution >= 0.6 is 0 Å². The summed E-state index contributed by atoms with van der Waals surface area (Å²) >= 11 is 0. The number of amides is 1. The number of imidazole rings is 2. The Morgan fingerprint density at radius 2 is 1.49 bits per heavy atom. The molecule has 0 saturated carbocycles.